The first kappa shape index (κ1) is 10.9. The van der Waals surface area contributed by atoms with Crippen LogP contribution in [0.4, 0.5) is 5.69 Å². The molecule has 0 unspecified atom stereocenters. The van der Waals surface area contributed by atoms with Gasteiger partial charge in [0.1, 0.15) is 0 Å². The first-order valence-electron chi connectivity index (χ1n) is 5.89. The largest absolute Gasteiger partial charge is 0.385 e. The van der Waals surface area contributed by atoms with E-state index in [1.54, 1.807) is 0 Å². The van der Waals surface area contributed by atoms with E-state index in [4.69, 9.17) is 0 Å². The third-order valence-corrected chi connectivity index (χ3v) is 4.19. The van der Waals surface area contributed by atoms with Gasteiger partial charge in [-0.2, -0.15) is 0 Å². The maximum absolute atomic E-state index is 3.32. The standard InChI is InChI=1S/C13H19NS/c1-2-14-11-7-9-13(10-8-11)15-12-5-3-4-6-12/h7-10,12,14H,2-6H2,1H3. The predicted octanol–water partition coefficient (Wildman–Crippen LogP) is 4.15. The van der Waals surface area contributed by atoms with Crippen LogP contribution in [0, 0.1) is 0 Å². The number of anilines is 1. The third kappa shape index (κ3) is 3.16. The lowest BCUT2D eigenvalue weighted by molar-refractivity contribution is 0.886. The Balaban J connectivity index is 1.91. The minimum Gasteiger partial charge on any atom is -0.385 e. The van der Waals surface area contributed by atoms with E-state index in [1.807, 2.05) is 0 Å². The number of rotatable bonds is 4. The quantitative estimate of drug-likeness (QED) is 0.819. The molecule has 0 heterocycles. The van der Waals surface area contributed by atoms with Crippen molar-refractivity contribution in [3.8, 4) is 0 Å². The Morgan fingerprint density at radius 3 is 2.47 bits per heavy atom. The molecular weight excluding hydrogens is 202 g/mol. The highest BCUT2D eigenvalue weighted by Crippen LogP contribution is 2.34. The molecule has 1 aromatic rings. The molecule has 2 heteroatoms. The van der Waals surface area contributed by atoms with E-state index >= 15 is 0 Å². The summed E-state index contributed by atoms with van der Waals surface area (Å²) < 4.78 is 0. The maximum atomic E-state index is 3.32. The molecule has 0 radical (unpaired) electrons. The van der Waals surface area contributed by atoms with Crippen molar-refractivity contribution in [3.63, 3.8) is 0 Å². The fourth-order valence-corrected chi connectivity index (χ4v) is 3.30. The predicted molar refractivity (Wildman–Crippen MR) is 68.7 cm³/mol. The number of thioether (sulfide) groups is 1. The van der Waals surface area contributed by atoms with E-state index in [2.05, 4.69) is 48.3 Å². The van der Waals surface area contributed by atoms with Crippen LogP contribution in [-0.2, 0) is 0 Å². The van der Waals surface area contributed by atoms with E-state index in [0.717, 1.165) is 11.8 Å². The van der Waals surface area contributed by atoms with Gasteiger partial charge in [0.2, 0.25) is 0 Å². The van der Waals surface area contributed by atoms with Crippen LogP contribution in [0.3, 0.4) is 0 Å². The molecular formula is C13H19NS. The van der Waals surface area contributed by atoms with Crippen LogP contribution in [-0.4, -0.2) is 11.8 Å². The SMILES string of the molecule is CCNc1ccc(SC2CCCC2)cc1. The van der Waals surface area contributed by atoms with Crippen LogP contribution in [0.5, 0.6) is 0 Å². The molecule has 1 N–H and O–H groups in total. The van der Waals surface area contributed by atoms with Crippen molar-refractivity contribution in [2.45, 2.75) is 42.8 Å². The molecule has 0 atom stereocenters. The zero-order valence-electron chi connectivity index (χ0n) is 9.33. The molecule has 1 saturated carbocycles. The van der Waals surface area contributed by atoms with Gasteiger partial charge in [0, 0.05) is 22.4 Å². The third-order valence-electron chi connectivity index (χ3n) is 2.84. The van der Waals surface area contributed by atoms with Gasteiger partial charge in [-0.3, -0.25) is 0 Å². The lowest BCUT2D eigenvalue weighted by atomic mass is 10.3. The van der Waals surface area contributed by atoms with Crippen LogP contribution in [0.2, 0.25) is 0 Å². The Kier molecular flexibility index (Phi) is 3.95. The second kappa shape index (κ2) is 5.45. The Hall–Kier alpha value is -0.630. The number of benzene rings is 1. The smallest absolute Gasteiger partial charge is 0.0340 e. The highest BCUT2D eigenvalue weighted by molar-refractivity contribution is 8.00. The van der Waals surface area contributed by atoms with E-state index in [-0.39, 0.29) is 0 Å². The lowest BCUT2D eigenvalue weighted by Crippen LogP contribution is -1.96. The molecule has 1 aromatic carbocycles. The van der Waals surface area contributed by atoms with Gasteiger partial charge in [0.25, 0.3) is 0 Å². The van der Waals surface area contributed by atoms with Gasteiger partial charge < -0.3 is 5.32 Å². The van der Waals surface area contributed by atoms with Gasteiger partial charge in [0.15, 0.2) is 0 Å². The zero-order chi connectivity index (χ0) is 10.5. The molecule has 0 amide bonds. The van der Waals surface area contributed by atoms with Crippen molar-refractivity contribution in [2.24, 2.45) is 0 Å². The fraction of sp³-hybridized carbons (Fsp3) is 0.538. The van der Waals surface area contributed by atoms with Crippen molar-refractivity contribution in [1.29, 1.82) is 0 Å². The minimum atomic E-state index is 0.870. The van der Waals surface area contributed by atoms with Gasteiger partial charge in [-0.1, -0.05) is 12.8 Å². The van der Waals surface area contributed by atoms with Gasteiger partial charge in [-0.25, -0.2) is 0 Å². The van der Waals surface area contributed by atoms with Crippen LogP contribution in [0.1, 0.15) is 32.6 Å². The van der Waals surface area contributed by atoms with Crippen LogP contribution in [0.15, 0.2) is 29.2 Å². The highest BCUT2D eigenvalue weighted by Gasteiger charge is 2.15. The first-order chi connectivity index (χ1) is 7.38. The highest BCUT2D eigenvalue weighted by atomic mass is 32.2. The van der Waals surface area contributed by atoms with E-state index in [1.165, 1.54) is 36.3 Å². The molecule has 2 rings (SSSR count). The number of hydrogen-bond donors (Lipinski definition) is 1. The van der Waals surface area contributed by atoms with Crippen LogP contribution in [0.25, 0.3) is 0 Å². The molecule has 0 spiro atoms. The number of hydrogen-bond acceptors (Lipinski definition) is 2. The number of nitrogens with one attached hydrogen (secondary N) is 1. The summed E-state index contributed by atoms with van der Waals surface area (Å²) in [4.78, 5) is 1.42. The molecule has 0 aliphatic heterocycles. The fourth-order valence-electron chi connectivity index (χ4n) is 2.05. The average molecular weight is 221 g/mol. The summed E-state index contributed by atoms with van der Waals surface area (Å²) in [6.45, 7) is 3.12. The summed E-state index contributed by atoms with van der Waals surface area (Å²) in [6, 6.07) is 8.84. The Labute approximate surface area is 96.7 Å². The van der Waals surface area contributed by atoms with Gasteiger partial charge in [-0.15, -0.1) is 11.8 Å². The van der Waals surface area contributed by atoms with Gasteiger partial charge in [0.05, 0.1) is 0 Å². The summed E-state index contributed by atoms with van der Waals surface area (Å²) in [5, 5.41) is 4.19. The van der Waals surface area contributed by atoms with Crippen LogP contribution >= 0.6 is 11.8 Å². The van der Waals surface area contributed by atoms with E-state index < -0.39 is 0 Å². The lowest BCUT2D eigenvalue weighted by Gasteiger charge is -2.09. The van der Waals surface area contributed by atoms with Crippen molar-refractivity contribution in [3.05, 3.63) is 24.3 Å². The zero-order valence-corrected chi connectivity index (χ0v) is 10.1. The maximum Gasteiger partial charge on any atom is 0.0340 e. The van der Waals surface area contributed by atoms with Crippen molar-refractivity contribution in [1.82, 2.24) is 0 Å². The molecule has 0 bridgehead atoms. The second-order valence-corrected chi connectivity index (χ2v) is 5.45. The average Bonchev–Trinajstić information content (AvgIpc) is 2.74. The second-order valence-electron chi connectivity index (χ2n) is 4.08. The van der Waals surface area contributed by atoms with E-state index in [9.17, 15) is 0 Å². The molecule has 82 valence electrons. The molecule has 0 aromatic heterocycles. The normalized spacial score (nSPS) is 16.9. The molecule has 1 nitrogen and oxygen atoms in total. The summed E-state index contributed by atoms with van der Waals surface area (Å²) >= 11 is 2.05. The summed E-state index contributed by atoms with van der Waals surface area (Å²) in [5.74, 6) is 0. The van der Waals surface area contributed by atoms with E-state index in [0.29, 0.717) is 0 Å². The topological polar surface area (TPSA) is 12.0 Å². The summed E-state index contributed by atoms with van der Waals surface area (Å²) in [7, 11) is 0. The molecule has 15 heavy (non-hydrogen) atoms. The van der Waals surface area contributed by atoms with Crippen molar-refractivity contribution in [2.75, 3.05) is 11.9 Å². The Bertz CT molecular complexity index is 288. The van der Waals surface area contributed by atoms with Gasteiger partial charge >= 0.3 is 0 Å². The molecule has 1 aliphatic carbocycles. The summed E-state index contributed by atoms with van der Waals surface area (Å²) in [6.07, 6.45) is 5.65. The molecule has 0 saturated heterocycles. The Morgan fingerprint density at radius 1 is 1.20 bits per heavy atom. The van der Waals surface area contributed by atoms with Crippen molar-refractivity contribution < 1.29 is 0 Å². The molecule has 1 aliphatic rings. The summed E-state index contributed by atoms with van der Waals surface area (Å²) in [5.41, 5.74) is 1.23. The Morgan fingerprint density at radius 2 is 1.87 bits per heavy atom. The first-order valence-corrected chi connectivity index (χ1v) is 6.77. The minimum absolute atomic E-state index is 0.870. The monoisotopic (exact) mass is 221 g/mol. The van der Waals surface area contributed by atoms with Gasteiger partial charge in [-0.05, 0) is 44.0 Å². The molecule has 1 fully saturated rings. The van der Waals surface area contributed by atoms with Crippen LogP contribution < -0.4 is 5.32 Å². The van der Waals surface area contributed by atoms with Crippen molar-refractivity contribution >= 4 is 17.4 Å².